The molecular weight excluding hydrogens is 807 g/mol. The first-order valence-corrected chi connectivity index (χ1v) is 23.1. The van der Waals surface area contributed by atoms with Gasteiger partial charge in [-0.25, -0.2) is 0 Å². The van der Waals surface area contributed by atoms with Crippen LogP contribution in [0.5, 0.6) is 0 Å². The highest BCUT2D eigenvalue weighted by atomic mass is 32.1. The third-order valence-electron chi connectivity index (χ3n) is 12.6. The number of nitrogens with zero attached hydrogens (tertiary/aromatic N) is 2. The van der Waals surface area contributed by atoms with Crippen molar-refractivity contribution in [1.29, 1.82) is 0 Å². The third kappa shape index (κ3) is 7.58. The van der Waals surface area contributed by atoms with Gasteiger partial charge in [0.15, 0.2) is 0 Å². The summed E-state index contributed by atoms with van der Waals surface area (Å²) < 4.78 is 7.37. The van der Waals surface area contributed by atoms with Gasteiger partial charge >= 0.3 is 0 Å². The molecule has 312 valence electrons. The number of dihydropyridines is 1. The van der Waals surface area contributed by atoms with Crippen molar-refractivity contribution in [3.63, 3.8) is 0 Å². The number of hydrogen-bond donors (Lipinski definition) is 1. The van der Waals surface area contributed by atoms with Crippen LogP contribution in [0, 0.1) is 6.92 Å². The molecule has 0 saturated heterocycles. The molecule has 13 rings (SSSR count). The Labute approximate surface area is 383 Å². The van der Waals surface area contributed by atoms with Crippen LogP contribution in [0.3, 0.4) is 0 Å². The molecule has 1 N–H and O–H groups in total. The monoisotopic (exact) mass is 853 g/mol. The molecule has 0 atom stereocenters. The molecule has 9 aromatic carbocycles. The summed E-state index contributed by atoms with van der Waals surface area (Å²) in [6, 6.07) is 76.2. The lowest BCUT2D eigenvalue weighted by Crippen LogP contribution is -2.11. The van der Waals surface area contributed by atoms with Gasteiger partial charge in [0, 0.05) is 72.0 Å². The topological polar surface area (TPSA) is 21.9 Å². The maximum atomic E-state index is 3.27. The zero-order valence-electron chi connectivity index (χ0n) is 36.4. The molecule has 4 heteroatoms. The average Bonchev–Trinajstić information content (AvgIpc) is 4.02. The van der Waals surface area contributed by atoms with Gasteiger partial charge in [0.1, 0.15) is 0 Å². The molecule has 4 heterocycles. The van der Waals surface area contributed by atoms with Gasteiger partial charge in [-0.15, -0.1) is 11.3 Å². The summed E-state index contributed by atoms with van der Waals surface area (Å²) in [6.45, 7) is 2.97. The van der Waals surface area contributed by atoms with E-state index in [1.54, 1.807) is 0 Å². The second-order valence-corrected chi connectivity index (χ2v) is 17.7. The molecule has 0 radical (unpaired) electrons. The predicted octanol–water partition coefficient (Wildman–Crippen LogP) is 16.3. The fraction of sp³-hybridized carbons (Fsp3) is 0.0492. The number of aryl methyl sites for hydroxylation is 2. The van der Waals surface area contributed by atoms with E-state index in [0.29, 0.717) is 0 Å². The van der Waals surface area contributed by atoms with Crippen molar-refractivity contribution in [2.75, 3.05) is 6.54 Å². The molecule has 12 aromatic rings. The second-order valence-electron chi connectivity index (χ2n) is 16.7. The number of thiophene rings is 1. The van der Waals surface area contributed by atoms with E-state index in [0.717, 1.165) is 6.54 Å². The molecule has 0 aliphatic carbocycles. The van der Waals surface area contributed by atoms with Crippen molar-refractivity contribution >= 4 is 80.7 Å². The molecule has 0 saturated carbocycles. The Bertz CT molecular complexity index is 3720. The van der Waals surface area contributed by atoms with Gasteiger partial charge in [-0.05, 0) is 107 Å². The predicted molar refractivity (Wildman–Crippen MR) is 281 cm³/mol. The fourth-order valence-corrected chi connectivity index (χ4v) is 10.6. The van der Waals surface area contributed by atoms with Crippen molar-refractivity contribution in [2.24, 2.45) is 7.05 Å². The van der Waals surface area contributed by atoms with Crippen LogP contribution >= 0.6 is 11.3 Å². The zero-order chi connectivity index (χ0) is 43.7. The van der Waals surface area contributed by atoms with Gasteiger partial charge in [-0.3, -0.25) is 0 Å². The minimum absolute atomic E-state index is 0.891. The number of rotatable bonds is 4. The minimum Gasteiger partial charge on any atom is -0.387 e. The summed E-state index contributed by atoms with van der Waals surface area (Å²) in [7, 11) is 2.15. The quantitative estimate of drug-likeness (QED) is 0.187. The van der Waals surface area contributed by atoms with E-state index in [4.69, 9.17) is 0 Å². The summed E-state index contributed by atoms with van der Waals surface area (Å²) in [5.41, 5.74) is 15.2. The van der Waals surface area contributed by atoms with E-state index in [2.05, 4.69) is 235 Å². The number of benzene rings is 9. The maximum absolute atomic E-state index is 3.27. The molecule has 3 nitrogen and oxygen atoms in total. The molecule has 1 aliphatic heterocycles. The average molecular weight is 854 g/mol. The number of aromatic nitrogens is 2. The molecular formula is C61H47N3S. The van der Waals surface area contributed by atoms with Gasteiger partial charge in [-0.1, -0.05) is 169 Å². The highest BCUT2D eigenvalue weighted by Crippen LogP contribution is 2.40. The van der Waals surface area contributed by atoms with Crippen molar-refractivity contribution in [2.45, 2.75) is 6.92 Å². The van der Waals surface area contributed by atoms with Crippen molar-refractivity contribution in [1.82, 2.24) is 14.5 Å². The third-order valence-corrected chi connectivity index (χ3v) is 13.9. The van der Waals surface area contributed by atoms with E-state index in [1.807, 2.05) is 35.7 Å². The molecule has 0 unspecified atom stereocenters. The number of para-hydroxylation sites is 3. The highest BCUT2D eigenvalue weighted by molar-refractivity contribution is 7.26. The smallest absolute Gasteiger partial charge is 0.0541 e. The standard InChI is InChI=1S/C31H22N2.C23H17NS.C7H8/c1-32-28-13-7-5-11-24(28)26-19-21(15-17-29(26)32)22-16-18-31-27(20-22)25-12-6-8-14-30(25)33(31)23-9-3-2-4-10-23;1-2-9-22-20(6-1)21-8-3-7-19(23(21)25-22)17-12-10-16(11-13-17)18-5-4-14-24-15-18;1-7-5-3-2-4-6-7/h2-20H,1H3;1-14,24H,15H2;2-6H,1H3. The highest BCUT2D eigenvalue weighted by Gasteiger charge is 2.15. The van der Waals surface area contributed by atoms with Crippen LogP contribution in [0.2, 0.25) is 0 Å². The molecule has 65 heavy (non-hydrogen) atoms. The number of allylic oxidation sites excluding steroid dienone is 2. The van der Waals surface area contributed by atoms with E-state index in [1.165, 1.54) is 108 Å². The van der Waals surface area contributed by atoms with Crippen LogP contribution in [-0.4, -0.2) is 15.7 Å². The van der Waals surface area contributed by atoms with Crippen LogP contribution in [0.15, 0.2) is 231 Å². The van der Waals surface area contributed by atoms with Crippen LogP contribution in [0.1, 0.15) is 11.1 Å². The summed E-state index contributed by atoms with van der Waals surface area (Å²) in [6.07, 6.45) is 6.23. The first-order chi connectivity index (χ1) is 32.1. The Morgan fingerprint density at radius 1 is 0.446 bits per heavy atom. The van der Waals surface area contributed by atoms with Crippen molar-refractivity contribution in [3.8, 4) is 27.9 Å². The molecule has 0 spiro atoms. The molecule has 3 aromatic heterocycles. The first-order valence-electron chi connectivity index (χ1n) is 22.3. The minimum atomic E-state index is 0.891. The van der Waals surface area contributed by atoms with E-state index < -0.39 is 0 Å². The van der Waals surface area contributed by atoms with Crippen LogP contribution in [0.4, 0.5) is 0 Å². The summed E-state index contributed by atoms with van der Waals surface area (Å²) in [5.74, 6) is 0. The van der Waals surface area contributed by atoms with Crippen molar-refractivity contribution in [3.05, 3.63) is 242 Å². The van der Waals surface area contributed by atoms with E-state index in [9.17, 15) is 0 Å². The van der Waals surface area contributed by atoms with Crippen LogP contribution in [-0.2, 0) is 7.05 Å². The Hall–Kier alpha value is -7.92. The molecule has 0 fully saturated rings. The van der Waals surface area contributed by atoms with Crippen LogP contribution < -0.4 is 5.32 Å². The van der Waals surface area contributed by atoms with Gasteiger partial charge < -0.3 is 14.5 Å². The molecule has 1 aliphatic rings. The Morgan fingerprint density at radius 3 is 1.68 bits per heavy atom. The SMILES string of the molecule is C1=CNCC(c2ccc(-c3cccc4c3sc3ccccc34)cc2)=C1.Cc1ccccc1.Cn1c2ccccc2c2cc(-c3ccc4c(c3)c3ccccc3n4-c3ccccc3)ccc21. The normalized spacial score (nSPS) is 12.2. The number of fused-ring (bicyclic) bond motifs is 9. The maximum Gasteiger partial charge on any atom is 0.0541 e. The fourth-order valence-electron chi connectivity index (χ4n) is 9.39. The van der Waals surface area contributed by atoms with Gasteiger partial charge in [0.25, 0.3) is 0 Å². The number of hydrogen-bond acceptors (Lipinski definition) is 2. The van der Waals surface area contributed by atoms with Gasteiger partial charge in [-0.2, -0.15) is 0 Å². The van der Waals surface area contributed by atoms with E-state index >= 15 is 0 Å². The number of nitrogens with one attached hydrogen (secondary N) is 1. The molecule has 0 bridgehead atoms. The summed E-state index contributed by atoms with van der Waals surface area (Å²) in [5, 5.41) is 11.1. The summed E-state index contributed by atoms with van der Waals surface area (Å²) in [4.78, 5) is 0. The zero-order valence-corrected chi connectivity index (χ0v) is 37.3. The largest absolute Gasteiger partial charge is 0.387 e. The van der Waals surface area contributed by atoms with Gasteiger partial charge in [0.2, 0.25) is 0 Å². The lowest BCUT2D eigenvalue weighted by molar-refractivity contribution is 0.986. The Balaban J connectivity index is 0.000000129. The lowest BCUT2D eigenvalue weighted by Gasteiger charge is -2.12. The Kier molecular flexibility index (Phi) is 10.6. The van der Waals surface area contributed by atoms with Gasteiger partial charge in [0.05, 0.1) is 11.0 Å². The lowest BCUT2D eigenvalue weighted by atomic mass is 9.98. The second kappa shape index (κ2) is 17.3. The Morgan fingerprint density at radius 2 is 0.985 bits per heavy atom. The first kappa shape index (κ1) is 39.9. The van der Waals surface area contributed by atoms with Crippen LogP contribution in [0.25, 0.3) is 97.3 Å². The summed E-state index contributed by atoms with van der Waals surface area (Å²) >= 11 is 1.88. The molecule has 0 amide bonds. The van der Waals surface area contributed by atoms with Crippen molar-refractivity contribution < 1.29 is 0 Å². The van der Waals surface area contributed by atoms with E-state index in [-0.39, 0.29) is 0 Å².